The van der Waals surface area contributed by atoms with Crippen LogP contribution in [0.5, 0.6) is 5.19 Å². The third kappa shape index (κ3) is 4.10. The number of nitrogens with one attached hydrogen (secondary N) is 1. The van der Waals surface area contributed by atoms with Gasteiger partial charge in [-0.3, -0.25) is 0 Å². The van der Waals surface area contributed by atoms with Crippen molar-refractivity contribution in [1.82, 2.24) is 10.3 Å². The Labute approximate surface area is 110 Å². The predicted molar refractivity (Wildman–Crippen MR) is 71.7 cm³/mol. The van der Waals surface area contributed by atoms with Gasteiger partial charge in [0, 0.05) is 24.2 Å². The van der Waals surface area contributed by atoms with Gasteiger partial charge >= 0.3 is 0 Å². The number of nitrogens with zero attached hydrogens (tertiary/aromatic N) is 1. The molecule has 0 aliphatic heterocycles. The Morgan fingerprint density at radius 2 is 2.11 bits per heavy atom. The summed E-state index contributed by atoms with van der Waals surface area (Å²) in [4.78, 5) is 5.31. The van der Waals surface area contributed by atoms with Crippen LogP contribution in [-0.4, -0.2) is 23.2 Å². The van der Waals surface area contributed by atoms with Crippen molar-refractivity contribution in [2.45, 2.75) is 13.2 Å². The molecule has 0 saturated carbocycles. The molecule has 1 heterocycles. The van der Waals surface area contributed by atoms with E-state index < -0.39 is 0 Å². The van der Waals surface area contributed by atoms with E-state index in [2.05, 4.69) is 10.3 Å². The smallest absolute Gasteiger partial charge is 0.273 e. The van der Waals surface area contributed by atoms with E-state index in [4.69, 9.17) is 9.84 Å². The molecule has 2 N–H and O–H groups in total. The number of rotatable bonds is 7. The fourth-order valence-electron chi connectivity index (χ4n) is 1.45. The van der Waals surface area contributed by atoms with Crippen LogP contribution in [0.15, 0.2) is 36.5 Å². The summed E-state index contributed by atoms with van der Waals surface area (Å²) in [5.74, 6) is 0. The van der Waals surface area contributed by atoms with Crippen LogP contribution in [0.1, 0.15) is 10.4 Å². The highest BCUT2D eigenvalue weighted by Gasteiger charge is 2.02. The van der Waals surface area contributed by atoms with E-state index >= 15 is 0 Å². The van der Waals surface area contributed by atoms with Gasteiger partial charge in [-0.15, -0.1) is 0 Å². The molecular weight excluding hydrogens is 248 g/mol. The van der Waals surface area contributed by atoms with Crippen molar-refractivity contribution in [2.75, 3.05) is 13.2 Å². The second-order valence-electron chi connectivity index (χ2n) is 3.77. The molecule has 0 amide bonds. The third-order valence-corrected chi connectivity index (χ3v) is 3.24. The number of hydrogen-bond donors (Lipinski definition) is 2. The molecule has 0 fully saturated rings. The summed E-state index contributed by atoms with van der Waals surface area (Å²) in [6, 6.07) is 10.0. The lowest BCUT2D eigenvalue weighted by Crippen LogP contribution is -2.16. The number of benzene rings is 1. The van der Waals surface area contributed by atoms with Crippen LogP contribution in [0.2, 0.25) is 0 Å². The van der Waals surface area contributed by atoms with Crippen molar-refractivity contribution in [3.05, 3.63) is 47.0 Å². The average Bonchev–Trinajstić information content (AvgIpc) is 2.86. The molecule has 5 heteroatoms. The molecule has 0 radical (unpaired) electrons. The van der Waals surface area contributed by atoms with E-state index in [1.165, 1.54) is 11.3 Å². The van der Waals surface area contributed by atoms with Gasteiger partial charge in [0.05, 0.1) is 6.61 Å². The molecule has 0 spiro atoms. The highest BCUT2D eigenvalue weighted by molar-refractivity contribution is 7.13. The van der Waals surface area contributed by atoms with Crippen molar-refractivity contribution in [2.24, 2.45) is 0 Å². The highest BCUT2D eigenvalue weighted by Crippen LogP contribution is 2.21. The summed E-state index contributed by atoms with van der Waals surface area (Å²) in [7, 11) is 0. The maximum absolute atomic E-state index is 8.66. The Morgan fingerprint density at radius 1 is 1.28 bits per heavy atom. The van der Waals surface area contributed by atoms with Crippen molar-refractivity contribution < 1.29 is 9.84 Å². The lowest BCUT2D eigenvalue weighted by atomic mass is 10.2. The Balaban J connectivity index is 1.80. The molecule has 0 unspecified atom stereocenters. The maximum atomic E-state index is 8.66. The lowest BCUT2D eigenvalue weighted by Gasteiger charge is -2.01. The minimum Gasteiger partial charge on any atom is -0.465 e. The first kappa shape index (κ1) is 13.0. The van der Waals surface area contributed by atoms with Gasteiger partial charge in [0.1, 0.15) is 6.61 Å². The minimum atomic E-state index is 0.149. The Hall–Kier alpha value is -1.43. The number of aliphatic hydroxyl groups excluding tert-OH is 1. The average molecular weight is 264 g/mol. The van der Waals surface area contributed by atoms with E-state index in [0.29, 0.717) is 24.9 Å². The van der Waals surface area contributed by atoms with E-state index in [-0.39, 0.29) is 6.61 Å². The quantitative estimate of drug-likeness (QED) is 0.749. The summed E-state index contributed by atoms with van der Waals surface area (Å²) in [5, 5.41) is 12.4. The standard InChI is InChI=1S/C13H16N2O2S/c16-7-6-14-8-12-9-15-13(18-12)17-10-11-4-2-1-3-5-11/h1-5,9,14,16H,6-8,10H2. The topological polar surface area (TPSA) is 54.4 Å². The van der Waals surface area contributed by atoms with Crippen molar-refractivity contribution >= 4 is 11.3 Å². The molecule has 0 atom stereocenters. The molecule has 2 rings (SSSR count). The molecule has 0 saturated heterocycles. The van der Waals surface area contributed by atoms with E-state index in [9.17, 15) is 0 Å². The number of hydrogen-bond acceptors (Lipinski definition) is 5. The van der Waals surface area contributed by atoms with Crippen LogP contribution in [0.25, 0.3) is 0 Å². The fraction of sp³-hybridized carbons (Fsp3) is 0.308. The molecule has 0 aliphatic carbocycles. The summed E-state index contributed by atoms with van der Waals surface area (Å²) >= 11 is 1.53. The van der Waals surface area contributed by atoms with Crippen molar-refractivity contribution in [1.29, 1.82) is 0 Å². The molecule has 96 valence electrons. The summed E-state index contributed by atoms with van der Waals surface area (Å²) in [6.45, 7) is 2.00. The van der Waals surface area contributed by atoms with Gasteiger partial charge in [-0.25, -0.2) is 4.98 Å². The first-order chi connectivity index (χ1) is 8.88. The Bertz CT molecular complexity index is 459. The zero-order valence-electron chi connectivity index (χ0n) is 10.0. The summed E-state index contributed by atoms with van der Waals surface area (Å²) < 4.78 is 5.61. The Morgan fingerprint density at radius 3 is 2.89 bits per heavy atom. The fourth-order valence-corrected chi connectivity index (χ4v) is 2.18. The van der Waals surface area contributed by atoms with E-state index in [1.807, 2.05) is 30.3 Å². The van der Waals surface area contributed by atoms with Gasteiger partial charge in [0.15, 0.2) is 0 Å². The number of aromatic nitrogens is 1. The SMILES string of the molecule is OCCNCc1cnc(OCc2ccccc2)s1. The zero-order valence-corrected chi connectivity index (χ0v) is 10.8. The Kier molecular flexibility index (Phi) is 5.14. The van der Waals surface area contributed by atoms with Crippen LogP contribution in [0.3, 0.4) is 0 Å². The molecule has 18 heavy (non-hydrogen) atoms. The van der Waals surface area contributed by atoms with Crippen LogP contribution in [-0.2, 0) is 13.2 Å². The molecule has 2 aromatic rings. The summed E-state index contributed by atoms with van der Waals surface area (Å²) in [6.07, 6.45) is 1.80. The first-order valence-corrected chi connectivity index (χ1v) is 6.63. The minimum absolute atomic E-state index is 0.149. The highest BCUT2D eigenvalue weighted by atomic mass is 32.1. The van der Waals surface area contributed by atoms with Gasteiger partial charge in [0.2, 0.25) is 0 Å². The molecule has 4 nitrogen and oxygen atoms in total. The molecule has 0 bridgehead atoms. The van der Waals surface area contributed by atoms with Crippen LogP contribution < -0.4 is 10.1 Å². The van der Waals surface area contributed by atoms with Gasteiger partial charge in [-0.2, -0.15) is 0 Å². The largest absolute Gasteiger partial charge is 0.465 e. The van der Waals surface area contributed by atoms with Crippen molar-refractivity contribution in [3.8, 4) is 5.19 Å². The molecular formula is C13H16N2O2S. The number of aliphatic hydroxyl groups is 1. The summed E-state index contributed by atoms with van der Waals surface area (Å²) in [5.41, 5.74) is 1.13. The number of thiazole rings is 1. The van der Waals surface area contributed by atoms with Crippen LogP contribution >= 0.6 is 11.3 Å². The van der Waals surface area contributed by atoms with Gasteiger partial charge < -0.3 is 15.2 Å². The zero-order chi connectivity index (χ0) is 12.6. The third-order valence-electron chi connectivity index (χ3n) is 2.33. The second kappa shape index (κ2) is 7.10. The molecule has 1 aromatic carbocycles. The number of ether oxygens (including phenoxy) is 1. The maximum Gasteiger partial charge on any atom is 0.273 e. The second-order valence-corrected chi connectivity index (χ2v) is 4.84. The van der Waals surface area contributed by atoms with Gasteiger partial charge in [-0.05, 0) is 5.56 Å². The van der Waals surface area contributed by atoms with Gasteiger partial charge in [-0.1, -0.05) is 41.7 Å². The normalized spacial score (nSPS) is 10.5. The lowest BCUT2D eigenvalue weighted by molar-refractivity contribution is 0.292. The van der Waals surface area contributed by atoms with Gasteiger partial charge in [0.25, 0.3) is 5.19 Å². The van der Waals surface area contributed by atoms with Crippen LogP contribution in [0.4, 0.5) is 0 Å². The molecule has 1 aromatic heterocycles. The first-order valence-electron chi connectivity index (χ1n) is 5.81. The van der Waals surface area contributed by atoms with Crippen LogP contribution in [0, 0.1) is 0 Å². The predicted octanol–water partition coefficient (Wildman–Crippen LogP) is 1.80. The van der Waals surface area contributed by atoms with E-state index in [1.54, 1.807) is 6.20 Å². The van der Waals surface area contributed by atoms with Crippen molar-refractivity contribution in [3.63, 3.8) is 0 Å². The van der Waals surface area contributed by atoms with E-state index in [0.717, 1.165) is 10.4 Å². The molecule has 0 aliphatic rings. The monoisotopic (exact) mass is 264 g/mol.